The van der Waals surface area contributed by atoms with Gasteiger partial charge in [-0.05, 0) is 25.1 Å². The SMILES string of the molecule is CCOc1ccc(C=C2C(=O)NC(=O)NC2=O)c(O)c1. The summed E-state index contributed by atoms with van der Waals surface area (Å²) in [5.74, 6) is -1.29. The minimum atomic E-state index is -0.868. The van der Waals surface area contributed by atoms with Crippen LogP contribution in [0.1, 0.15) is 12.5 Å². The number of rotatable bonds is 3. The molecule has 20 heavy (non-hydrogen) atoms. The summed E-state index contributed by atoms with van der Waals surface area (Å²) in [6.07, 6.45) is 1.20. The number of phenolic OH excluding ortho intramolecular Hbond substituents is 1. The second kappa shape index (κ2) is 5.43. The lowest BCUT2D eigenvalue weighted by molar-refractivity contribution is -0.123. The second-order valence-corrected chi connectivity index (χ2v) is 3.95. The number of barbiturate groups is 1. The van der Waals surface area contributed by atoms with Crippen LogP contribution in [0.2, 0.25) is 0 Å². The van der Waals surface area contributed by atoms with Crippen LogP contribution in [0.5, 0.6) is 11.5 Å². The van der Waals surface area contributed by atoms with Gasteiger partial charge < -0.3 is 9.84 Å². The number of phenols is 1. The zero-order valence-corrected chi connectivity index (χ0v) is 10.6. The van der Waals surface area contributed by atoms with Crippen molar-refractivity contribution in [3.8, 4) is 11.5 Å². The third-order valence-electron chi connectivity index (χ3n) is 2.56. The molecule has 1 fully saturated rings. The number of urea groups is 1. The molecule has 0 radical (unpaired) electrons. The Morgan fingerprint density at radius 2 is 1.85 bits per heavy atom. The zero-order chi connectivity index (χ0) is 14.7. The molecule has 0 bridgehead atoms. The van der Waals surface area contributed by atoms with Crippen LogP contribution in [0.4, 0.5) is 4.79 Å². The molecule has 0 unspecified atom stereocenters. The first-order chi connectivity index (χ1) is 9.51. The topological polar surface area (TPSA) is 105 Å². The molecule has 0 spiro atoms. The lowest BCUT2D eigenvalue weighted by atomic mass is 10.1. The molecule has 0 saturated carbocycles. The van der Waals surface area contributed by atoms with Gasteiger partial charge in [-0.3, -0.25) is 20.2 Å². The predicted molar refractivity (Wildman–Crippen MR) is 68.9 cm³/mol. The number of amides is 4. The van der Waals surface area contributed by atoms with E-state index in [-0.39, 0.29) is 16.9 Å². The highest BCUT2D eigenvalue weighted by molar-refractivity contribution is 6.31. The lowest BCUT2D eigenvalue weighted by Crippen LogP contribution is -2.51. The molecule has 0 atom stereocenters. The van der Waals surface area contributed by atoms with Gasteiger partial charge in [-0.2, -0.15) is 0 Å². The maximum atomic E-state index is 11.5. The van der Waals surface area contributed by atoms with E-state index in [1.54, 1.807) is 13.0 Å². The van der Waals surface area contributed by atoms with E-state index in [4.69, 9.17) is 4.74 Å². The summed E-state index contributed by atoms with van der Waals surface area (Å²) < 4.78 is 5.20. The van der Waals surface area contributed by atoms with Crippen LogP contribution < -0.4 is 15.4 Å². The van der Waals surface area contributed by atoms with Crippen molar-refractivity contribution in [3.05, 3.63) is 29.3 Å². The molecule has 7 heteroatoms. The predicted octanol–water partition coefficient (Wildman–Crippen LogP) is 0.540. The first kappa shape index (κ1) is 13.6. The van der Waals surface area contributed by atoms with Crippen LogP contribution in [0, 0.1) is 0 Å². The fraction of sp³-hybridized carbons (Fsp3) is 0.154. The van der Waals surface area contributed by atoms with E-state index < -0.39 is 17.8 Å². The number of carbonyl (C=O) groups is 3. The van der Waals surface area contributed by atoms with Crippen LogP contribution in [0.25, 0.3) is 6.08 Å². The fourth-order valence-electron chi connectivity index (χ4n) is 1.66. The minimum Gasteiger partial charge on any atom is -0.507 e. The number of nitrogens with one attached hydrogen (secondary N) is 2. The van der Waals surface area contributed by atoms with Gasteiger partial charge in [0.1, 0.15) is 17.1 Å². The van der Waals surface area contributed by atoms with Gasteiger partial charge in [0, 0.05) is 11.6 Å². The Kier molecular flexibility index (Phi) is 3.69. The van der Waals surface area contributed by atoms with E-state index >= 15 is 0 Å². The monoisotopic (exact) mass is 276 g/mol. The van der Waals surface area contributed by atoms with Gasteiger partial charge in [0.05, 0.1) is 6.61 Å². The maximum Gasteiger partial charge on any atom is 0.328 e. The number of benzene rings is 1. The zero-order valence-electron chi connectivity index (χ0n) is 10.6. The molecule has 4 amide bonds. The van der Waals surface area contributed by atoms with Gasteiger partial charge in [-0.15, -0.1) is 0 Å². The average Bonchev–Trinajstić information content (AvgIpc) is 2.36. The van der Waals surface area contributed by atoms with Gasteiger partial charge in [-0.25, -0.2) is 4.79 Å². The molecule has 1 aromatic carbocycles. The molecule has 1 aliphatic rings. The minimum absolute atomic E-state index is 0.138. The molecule has 1 aromatic rings. The van der Waals surface area contributed by atoms with Crippen molar-refractivity contribution in [3.63, 3.8) is 0 Å². The van der Waals surface area contributed by atoms with Gasteiger partial charge in [0.25, 0.3) is 11.8 Å². The summed E-state index contributed by atoms with van der Waals surface area (Å²) in [5.41, 5.74) is 0.00663. The van der Waals surface area contributed by atoms with Crippen LogP contribution >= 0.6 is 0 Å². The van der Waals surface area contributed by atoms with Crippen molar-refractivity contribution < 1.29 is 24.2 Å². The molecule has 104 valence electrons. The van der Waals surface area contributed by atoms with Crippen LogP contribution in [0.15, 0.2) is 23.8 Å². The number of aromatic hydroxyl groups is 1. The van der Waals surface area contributed by atoms with Gasteiger partial charge >= 0.3 is 6.03 Å². The van der Waals surface area contributed by atoms with E-state index in [1.165, 1.54) is 18.2 Å². The maximum absolute atomic E-state index is 11.5. The van der Waals surface area contributed by atoms with Crippen molar-refractivity contribution in [2.45, 2.75) is 6.92 Å². The Balaban J connectivity index is 2.32. The van der Waals surface area contributed by atoms with E-state index in [9.17, 15) is 19.5 Å². The van der Waals surface area contributed by atoms with E-state index in [0.717, 1.165) is 0 Å². The fourth-order valence-corrected chi connectivity index (χ4v) is 1.66. The Bertz CT molecular complexity index is 599. The van der Waals surface area contributed by atoms with Crippen molar-refractivity contribution in [1.82, 2.24) is 10.6 Å². The molecule has 1 saturated heterocycles. The first-order valence-corrected chi connectivity index (χ1v) is 5.85. The Morgan fingerprint density at radius 3 is 2.40 bits per heavy atom. The largest absolute Gasteiger partial charge is 0.507 e. The first-order valence-electron chi connectivity index (χ1n) is 5.85. The molecule has 3 N–H and O–H groups in total. The molecule has 2 rings (SSSR count). The Morgan fingerprint density at radius 1 is 1.20 bits per heavy atom. The average molecular weight is 276 g/mol. The van der Waals surface area contributed by atoms with Gasteiger partial charge in [-0.1, -0.05) is 0 Å². The molecule has 1 heterocycles. The summed E-state index contributed by atoms with van der Waals surface area (Å²) in [4.78, 5) is 34.0. The number of hydrogen-bond donors (Lipinski definition) is 3. The smallest absolute Gasteiger partial charge is 0.328 e. The van der Waals surface area contributed by atoms with Crippen LogP contribution in [0.3, 0.4) is 0 Å². The third-order valence-corrected chi connectivity index (χ3v) is 2.56. The van der Waals surface area contributed by atoms with E-state index in [1.807, 2.05) is 10.6 Å². The standard InChI is InChI=1S/C13H12N2O5/c1-2-20-8-4-3-7(10(16)6-8)5-9-11(17)14-13(19)15-12(9)18/h3-6,16H,2H2,1H3,(H2,14,15,17,18,19). The van der Waals surface area contributed by atoms with Crippen molar-refractivity contribution in [2.75, 3.05) is 6.61 Å². The summed E-state index contributed by atoms with van der Waals surface area (Å²) in [7, 11) is 0. The number of hydrogen-bond acceptors (Lipinski definition) is 5. The van der Waals surface area contributed by atoms with Crippen LogP contribution in [-0.2, 0) is 9.59 Å². The third kappa shape index (κ3) is 2.77. The number of ether oxygens (including phenoxy) is 1. The number of imide groups is 2. The molecule has 0 aromatic heterocycles. The van der Waals surface area contributed by atoms with Crippen molar-refractivity contribution in [2.24, 2.45) is 0 Å². The lowest BCUT2D eigenvalue weighted by Gasteiger charge is -2.14. The summed E-state index contributed by atoms with van der Waals surface area (Å²) in [6, 6.07) is 3.61. The van der Waals surface area contributed by atoms with Crippen molar-refractivity contribution in [1.29, 1.82) is 0 Å². The summed E-state index contributed by atoms with van der Waals surface area (Å²) in [5, 5.41) is 13.7. The highest BCUT2D eigenvalue weighted by Gasteiger charge is 2.27. The van der Waals surface area contributed by atoms with Crippen LogP contribution in [-0.4, -0.2) is 29.6 Å². The highest BCUT2D eigenvalue weighted by Crippen LogP contribution is 2.26. The summed E-state index contributed by atoms with van der Waals surface area (Å²) >= 11 is 0. The normalized spacial score (nSPS) is 14.7. The van der Waals surface area contributed by atoms with Gasteiger partial charge in [0.15, 0.2) is 0 Å². The van der Waals surface area contributed by atoms with Gasteiger partial charge in [0.2, 0.25) is 0 Å². The van der Waals surface area contributed by atoms with E-state index in [2.05, 4.69) is 0 Å². The molecular formula is C13H12N2O5. The second-order valence-electron chi connectivity index (χ2n) is 3.95. The molecular weight excluding hydrogens is 264 g/mol. The molecule has 0 aliphatic carbocycles. The highest BCUT2D eigenvalue weighted by atomic mass is 16.5. The van der Waals surface area contributed by atoms with E-state index in [0.29, 0.717) is 12.4 Å². The quantitative estimate of drug-likeness (QED) is 0.552. The molecule has 7 nitrogen and oxygen atoms in total. The Hall–Kier alpha value is -2.83. The molecule has 1 aliphatic heterocycles. The Labute approximate surface area is 114 Å². The summed E-state index contributed by atoms with van der Waals surface area (Å²) in [6.45, 7) is 2.26. The number of carbonyl (C=O) groups excluding carboxylic acids is 3. The van der Waals surface area contributed by atoms with Crippen molar-refractivity contribution >= 4 is 23.9 Å².